The fraction of sp³-hybridized carbons (Fsp3) is 0.429. The van der Waals surface area contributed by atoms with Crippen LogP contribution in [0.15, 0.2) is 36.5 Å². The maximum absolute atomic E-state index is 14.8. The van der Waals surface area contributed by atoms with Gasteiger partial charge in [0.15, 0.2) is 0 Å². The number of esters is 1. The number of hydrogen-bond acceptors (Lipinski definition) is 5. The lowest BCUT2D eigenvalue weighted by molar-refractivity contribution is -0.314. The highest BCUT2D eigenvalue weighted by atomic mass is 19.4. The van der Waals surface area contributed by atoms with E-state index in [9.17, 15) is 35.5 Å². The van der Waals surface area contributed by atoms with Crippen molar-refractivity contribution in [2.75, 3.05) is 19.6 Å². The van der Waals surface area contributed by atoms with Crippen molar-refractivity contribution in [1.82, 2.24) is 15.2 Å². The predicted octanol–water partition coefficient (Wildman–Crippen LogP) is 4.01. The third kappa shape index (κ3) is 6.20. The second-order valence-electron chi connectivity index (χ2n) is 7.58. The lowest BCUT2D eigenvalue weighted by Crippen LogP contribution is -2.57. The van der Waals surface area contributed by atoms with Crippen molar-refractivity contribution < 1.29 is 40.3 Å². The number of hydrogen-bond donors (Lipinski definition) is 1. The molecule has 1 aromatic heterocycles. The van der Waals surface area contributed by atoms with Gasteiger partial charge in [-0.3, -0.25) is 14.7 Å². The molecule has 1 N–H and O–H groups in total. The van der Waals surface area contributed by atoms with Gasteiger partial charge in [-0.25, -0.2) is 4.39 Å². The van der Waals surface area contributed by atoms with Gasteiger partial charge in [0.05, 0.1) is 0 Å². The van der Waals surface area contributed by atoms with Crippen LogP contribution in [0.4, 0.5) is 30.7 Å². The summed E-state index contributed by atoms with van der Waals surface area (Å²) in [5, 5.41) is 2.73. The van der Waals surface area contributed by atoms with Crippen LogP contribution in [0.25, 0.3) is 11.1 Å². The first-order valence-electron chi connectivity index (χ1n) is 9.86. The predicted molar refractivity (Wildman–Crippen MR) is 103 cm³/mol. The standard InChI is InChI=1S/C21H20F7N3O2/c1-12-8-14(4-5-30-12)13-2-3-15(16(22)9-13)11-31-7-6-29-10-17(31)18(32)33-19(20(23,24)25)21(26,27)28/h2-5,8-9,17,19,29H,6-7,10-11H2,1H3. The van der Waals surface area contributed by atoms with Gasteiger partial charge < -0.3 is 10.1 Å². The number of ether oxygens (including phenoxy) is 1. The van der Waals surface area contributed by atoms with E-state index in [-0.39, 0.29) is 25.2 Å². The van der Waals surface area contributed by atoms with E-state index in [1.165, 1.54) is 17.0 Å². The van der Waals surface area contributed by atoms with Gasteiger partial charge in [-0.05, 0) is 36.2 Å². The van der Waals surface area contributed by atoms with Crippen molar-refractivity contribution in [3.8, 4) is 11.1 Å². The van der Waals surface area contributed by atoms with Crippen LogP contribution in [-0.4, -0.2) is 60.0 Å². The molecule has 5 nitrogen and oxygen atoms in total. The number of pyridine rings is 1. The third-order valence-electron chi connectivity index (χ3n) is 5.11. The van der Waals surface area contributed by atoms with Crippen LogP contribution in [0.3, 0.4) is 0 Å². The number of aromatic nitrogens is 1. The van der Waals surface area contributed by atoms with E-state index in [1.807, 2.05) is 0 Å². The zero-order chi connectivity index (χ0) is 24.4. The number of carbonyl (C=O) groups is 1. The summed E-state index contributed by atoms with van der Waals surface area (Å²) < 4.78 is 95.2. The minimum absolute atomic E-state index is 0.0905. The van der Waals surface area contributed by atoms with Crippen molar-refractivity contribution in [2.24, 2.45) is 0 Å². The lowest BCUT2D eigenvalue weighted by Gasteiger charge is -2.35. The molecular formula is C21H20F7N3O2. The molecule has 1 saturated heterocycles. The molecule has 0 aliphatic carbocycles. The molecule has 1 aliphatic heterocycles. The molecule has 2 heterocycles. The minimum atomic E-state index is -5.81. The second kappa shape index (κ2) is 9.64. The van der Waals surface area contributed by atoms with Crippen molar-refractivity contribution in [2.45, 2.75) is 38.0 Å². The average Bonchev–Trinajstić information content (AvgIpc) is 2.72. The van der Waals surface area contributed by atoms with Gasteiger partial charge in [-0.15, -0.1) is 0 Å². The van der Waals surface area contributed by atoms with Crippen LogP contribution < -0.4 is 5.32 Å². The Morgan fingerprint density at radius 2 is 1.82 bits per heavy atom. The van der Waals surface area contributed by atoms with E-state index in [4.69, 9.17) is 0 Å². The Hall–Kier alpha value is -2.73. The van der Waals surface area contributed by atoms with Crippen LogP contribution in [-0.2, 0) is 16.1 Å². The van der Waals surface area contributed by atoms with Crippen molar-refractivity contribution in [3.63, 3.8) is 0 Å². The Balaban J connectivity index is 1.77. The minimum Gasteiger partial charge on any atom is -0.442 e. The first-order valence-corrected chi connectivity index (χ1v) is 9.86. The normalized spacial score (nSPS) is 17.9. The fourth-order valence-electron chi connectivity index (χ4n) is 3.48. The molecule has 0 bridgehead atoms. The number of halogens is 7. The third-order valence-corrected chi connectivity index (χ3v) is 5.11. The number of rotatable bonds is 5. The number of nitrogens with one attached hydrogen (secondary N) is 1. The van der Waals surface area contributed by atoms with E-state index in [0.29, 0.717) is 12.1 Å². The number of aryl methyl sites for hydroxylation is 1. The zero-order valence-corrected chi connectivity index (χ0v) is 17.3. The molecule has 1 fully saturated rings. The highest BCUT2D eigenvalue weighted by Crippen LogP contribution is 2.36. The number of benzene rings is 1. The number of nitrogens with zero attached hydrogens (tertiary/aromatic N) is 2. The average molecular weight is 479 g/mol. The number of alkyl halides is 6. The quantitative estimate of drug-likeness (QED) is 0.519. The molecule has 12 heteroatoms. The van der Waals surface area contributed by atoms with E-state index in [2.05, 4.69) is 15.0 Å². The second-order valence-corrected chi connectivity index (χ2v) is 7.58. The molecule has 33 heavy (non-hydrogen) atoms. The van der Waals surface area contributed by atoms with E-state index >= 15 is 0 Å². The zero-order valence-electron chi connectivity index (χ0n) is 17.3. The van der Waals surface area contributed by atoms with Crippen LogP contribution in [0.1, 0.15) is 11.3 Å². The summed E-state index contributed by atoms with van der Waals surface area (Å²) in [7, 11) is 0. The van der Waals surface area contributed by atoms with Gasteiger partial charge in [-0.1, -0.05) is 12.1 Å². The van der Waals surface area contributed by atoms with E-state index in [0.717, 1.165) is 11.3 Å². The van der Waals surface area contributed by atoms with Crippen LogP contribution in [0.2, 0.25) is 0 Å². The van der Waals surface area contributed by atoms with Crippen LogP contribution >= 0.6 is 0 Å². The highest BCUT2D eigenvalue weighted by Gasteiger charge is 2.60. The van der Waals surface area contributed by atoms with Gasteiger partial charge in [0, 0.05) is 43.6 Å². The molecule has 0 amide bonds. The molecular weight excluding hydrogens is 459 g/mol. The van der Waals surface area contributed by atoms with Crippen molar-refractivity contribution in [3.05, 3.63) is 53.6 Å². The SMILES string of the molecule is Cc1cc(-c2ccc(CN3CCNCC3C(=O)OC(C(F)(F)F)C(F)(F)F)c(F)c2)ccn1. The van der Waals surface area contributed by atoms with Crippen molar-refractivity contribution >= 4 is 5.97 Å². The van der Waals surface area contributed by atoms with Crippen LogP contribution in [0.5, 0.6) is 0 Å². The highest BCUT2D eigenvalue weighted by molar-refractivity contribution is 5.76. The monoisotopic (exact) mass is 479 g/mol. The van der Waals surface area contributed by atoms with Gasteiger partial charge in [0.2, 0.25) is 0 Å². The topological polar surface area (TPSA) is 54.5 Å². The fourth-order valence-corrected chi connectivity index (χ4v) is 3.48. The Morgan fingerprint density at radius 1 is 1.15 bits per heavy atom. The Bertz CT molecular complexity index is 981. The first-order chi connectivity index (χ1) is 15.4. The van der Waals surface area contributed by atoms with Crippen LogP contribution in [0, 0.1) is 12.7 Å². The molecule has 1 unspecified atom stereocenters. The summed E-state index contributed by atoms with van der Waals surface area (Å²) in [6, 6.07) is 6.36. The first kappa shape index (κ1) is 24.9. The molecule has 0 spiro atoms. The molecule has 0 saturated carbocycles. The number of piperazine rings is 1. The van der Waals surface area contributed by atoms with E-state index < -0.39 is 36.3 Å². The van der Waals surface area contributed by atoms with Gasteiger partial charge in [0.25, 0.3) is 6.10 Å². The number of carbonyl (C=O) groups excluding carboxylic acids is 1. The van der Waals surface area contributed by atoms with E-state index in [1.54, 1.807) is 31.3 Å². The van der Waals surface area contributed by atoms with Gasteiger partial charge in [-0.2, -0.15) is 26.3 Å². The summed E-state index contributed by atoms with van der Waals surface area (Å²) in [6.07, 6.45) is -14.3. The molecule has 180 valence electrons. The summed E-state index contributed by atoms with van der Waals surface area (Å²) in [5.41, 5.74) is 2.15. The van der Waals surface area contributed by atoms with Gasteiger partial charge >= 0.3 is 18.3 Å². The molecule has 0 radical (unpaired) electrons. The van der Waals surface area contributed by atoms with Gasteiger partial charge in [0.1, 0.15) is 11.9 Å². The summed E-state index contributed by atoms with van der Waals surface area (Å²) in [4.78, 5) is 17.6. The lowest BCUT2D eigenvalue weighted by atomic mass is 10.0. The molecule has 1 atom stereocenters. The summed E-state index contributed by atoms with van der Waals surface area (Å²) >= 11 is 0. The maximum atomic E-state index is 14.8. The summed E-state index contributed by atoms with van der Waals surface area (Å²) in [5.74, 6) is -2.32. The molecule has 3 rings (SSSR count). The smallest absolute Gasteiger partial charge is 0.434 e. The largest absolute Gasteiger partial charge is 0.442 e. The van der Waals surface area contributed by atoms with Crippen molar-refractivity contribution in [1.29, 1.82) is 0 Å². The molecule has 2 aromatic rings. The maximum Gasteiger partial charge on any atom is 0.434 e. The Kier molecular flexibility index (Phi) is 7.27. The molecule has 1 aromatic carbocycles. The Labute approximate surface area is 184 Å². The molecule has 1 aliphatic rings. The Morgan fingerprint density at radius 3 is 2.42 bits per heavy atom. The summed E-state index contributed by atoms with van der Waals surface area (Å²) in [6.45, 7) is 1.73.